The smallest absolute Gasteiger partial charge is 0.496 e. The van der Waals surface area contributed by atoms with Gasteiger partial charge in [-0.1, -0.05) is 11.6 Å². The van der Waals surface area contributed by atoms with Crippen LogP contribution in [0.5, 0.6) is 17.2 Å². The van der Waals surface area contributed by atoms with E-state index in [4.69, 9.17) is 16.3 Å². The molecular weight excluding hydrogens is 409 g/mol. The highest BCUT2D eigenvalue weighted by atomic mass is 35.5. The van der Waals surface area contributed by atoms with Gasteiger partial charge in [-0.15, -0.1) is 8.78 Å². The molecule has 150 valence electrons. The number of alkyl halides is 2. The van der Waals surface area contributed by atoms with Gasteiger partial charge in [-0.2, -0.15) is 0 Å². The second kappa shape index (κ2) is 7.36. The van der Waals surface area contributed by atoms with Gasteiger partial charge in [0.2, 0.25) is 0 Å². The molecule has 0 fully saturated rings. The van der Waals surface area contributed by atoms with Gasteiger partial charge in [-0.05, 0) is 36.4 Å². The zero-order valence-corrected chi connectivity index (χ0v) is 15.8. The Balaban J connectivity index is 1.51. The first-order chi connectivity index (χ1) is 13.8. The summed E-state index contributed by atoms with van der Waals surface area (Å²) in [6.45, 7) is 0.299. The molecule has 1 aliphatic heterocycles. The molecule has 0 aliphatic carbocycles. The highest BCUT2D eigenvalue weighted by molar-refractivity contribution is 6.33. The van der Waals surface area contributed by atoms with Gasteiger partial charge in [0.05, 0.1) is 12.1 Å². The van der Waals surface area contributed by atoms with Crippen molar-refractivity contribution in [3.05, 3.63) is 65.1 Å². The summed E-state index contributed by atoms with van der Waals surface area (Å²) in [6.07, 6.45) is -2.18. The highest BCUT2D eigenvalue weighted by Gasteiger charge is 2.43. The predicted molar refractivity (Wildman–Crippen MR) is 101 cm³/mol. The van der Waals surface area contributed by atoms with E-state index in [2.05, 4.69) is 19.8 Å². The number of aromatic nitrogens is 1. The average molecular weight is 423 g/mol. The van der Waals surface area contributed by atoms with E-state index in [1.165, 1.54) is 37.6 Å². The number of halogens is 4. The van der Waals surface area contributed by atoms with E-state index >= 15 is 0 Å². The van der Waals surface area contributed by atoms with Crippen molar-refractivity contribution in [1.29, 1.82) is 0 Å². The fourth-order valence-electron chi connectivity index (χ4n) is 2.92. The number of fused-ring (bicyclic) bond motifs is 1. The molecule has 2 aromatic carbocycles. The number of hydrogen-bond acceptors (Lipinski definition) is 5. The van der Waals surface area contributed by atoms with Crippen molar-refractivity contribution in [2.24, 2.45) is 0 Å². The maximum absolute atomic E-state index is 13.5. The number of ether oxygens (including phenoxy) is 3. The molecule has 1 aliphatic rings. The molecule has 0 saturated carbocycles. The molecule has 1 aromatic heterocycles. The van der Waals surface area contributed by atoms with Gasteiger partial charge < -0.3 is 19.5 Å². The Hall–Kier alpha value is -3.13. The van der Waals surface area contributed by atoms with Gasteiger partial charge in [0, 0.05) is 35.5 Å². The first-order valence-electron chi connectivity index (χ1n) is 8.47. The van der Waals surface area contributed by atoms with Crippen LogP contribution in [0.4, 0.5) is 19.0 Å². The molecule has 0 unspecified atom stereocenters. The van der Waals surface area contributed by atoms with Crippen molar-refractivity contribution in [2.45, 2.75) is 12.8 Å². The number of rotatable bonds is 5. The average Bonchev–Trinajstić information content (AvgIpc) is 2.99. The third-order valence-electron chi connectivity index (χ3n) is 4.27. The molecule has 4 rings (SSSR count). The van der Waals surface area contributed by atoms with Gasteiger partial charge in [0.15, 0.2) is 11.5 Å². The quantitative estimate of drug-likeness (QED) is 0.589. The monoisotopic (exact) mass is 422 g/mol. The molecule has 0 radical (unpaired) electrons. The van der Waals surface area contributed by atoms with Crippen LogP contribution >= 0.6 is 11.6 Å². The minimum Gasteiger partial charge on any atom is -0.496 e. The van der Waals surface area contributed by atoms with Crippen LogP contribution in [0.15, 0.2) is 48.7 Å². The number of benzene rings is 2. The summed E-state index contributed by atoms with van der Waals surface area (Å²) in [5, 5.41) is 3.29. The summed E-state index contributed by atoms with van der Waals surface area (Å²) in [5.74, 6) is 0.491. The summed E-state index contributed by atoms with van der Waals surface area (Å²) in [4.78, 5) is 4.29. The molecule has 29 heavy (non-hydrogen) atoms. The number of hydrogen-bond donors (Lipinski definition) is 1. The summed E-state index contributed by atoms with van der Waals surface area (Å²) in [6, 6.07) is 10.3. The Bertz CT molecular complexity index is 1060. The maximum Gasteiger partial charge on any atom is 0.586 e. The van der Waals surface area contributed by atoms with E-state index < -0.39 is 6.29 Å². The lowest BCUT2D eigenvalue weighted by molar-refractivity contribution is -0.286. The molecule has 0 bridgehead atoms. The summed E-state index contributed by atoms with van der Waals surface area (Å²) >= 11 is 6.19. The number of nitrogens with one attached hydrogen (secondary N) is 1. The third-order valence-corrected chi connectivity index (χ3v) is 4.58. The van der Waals surface area contributed by atoms with Crippen LogP contribution in [-0.4, -0.2) is 18.4 Å². The van der Waals surface area contributed by atoms with Crippen LogP contribution in [0.1, 0.15) is 5.56 Å². The lowest BCUT2D eigenvalue weighted by Crippen LogP contribution is -2.25. The van der Waals surface area contributed by atoms with Crippen molar-refractivity contribution in [3.63, 3.8) is 0 Å². The van der Waals surface area contributed by atoms with Crippen LogP contribution in [0, 0.1) is 5.82 Å². The Kier molecular flexibility index (Phi) is 4.87. The number of anilines is 1. The van der Waals surface area contributed by atoms with Gasteiger partial charge >= 0.3 is 6.29 Å². The molecule has 3 aromatic rings. The molecule has 0 amide bonds. The molecule has 2 heterocycles. The van der Waals surface area contributed by atoms with Gasteiger partial charge in [-0.3, -0.25) is 0 Å². The topological polar surface area (TPSA) is 52.6 Å². The minimum absolute atomic E-state index is 0.102. The maximum atomic E-state index is 13.5. The standard InChI is InChI=1S/C20H14ClF3N2O3/c1-27-16-4-3-13(22)6-12(16)10-26-19-5-2-11(9-25-19)14-7-17-18(8-15(14)21)29-20(23,24)28-17/h2-9H,10H2,1H3,(H,25,26). The molecular formula is C20H14ClF3N2O3. The van der Waals surface area contributed by atoms with Gasteiger partial charge in [0.25, 0.3) is 0 Å². The van der Waals surface area contributed by atoms with E-state index in [9.17, 15) is 13.2 Å². The van der Waals surface area contributed by atoms with Crippen LogP contribution in [0.25, 0.3) is 11.1 Å². The first-order valence-corrected chi connectivity index (χ1v) is 8.84. The number of nitrogens with zero attached hydrogens (tertiary/aromatic N) is 1. The van der Waals surface area contributed by atoms with Crippen LogP contribution in [0.2, 0.25) is 5.02 Å². The van der Waals surface area contributed by atoms with Crippen molar-refractivity contribution >= 4 is 17.4 Å². The molecule has 1 N–H and O–H groups in total. The van der Waals surface area contributed by atoms with E-state index in [1.54, 1.807) is 18.2 Å². The molecule has 5 nitrogen and oxygen atoms in total. The second-order valence-electron chi connectivity index (χ2n) is 6.19. The first kappa shape index (κ1) is 19.2. The van der Waals surface area contributed by atoms with Crippen LogP contribution in [0.3, 0.4) is 0 Å². The Labute approximate surface area is 169 Å². The molecule has 0 saturated heterocycles. The normalized spacial score (nSPS) is 14.0. The molecule has 9 heteroatoms. The van der Waals surface area contributed by atoms with Crippen LogP contribution in [-0.2, 0) is 6.54 Å². The summed E-state index contributed by atoms with van der Waals surface area (Å²) in [5.41, 5.74) is 1.71. The van der Waals surface area contributed by atoms with Crippen molar-refractivity contribution in [3.8, 4) is 28.4 Å². The highest BCUT2D eigenvalue weighted by Crippen LogP contribution is 2.46. The van der Waals surface area contributed by atoms with Gasteiger partial charge in [0.1, 0.15) is 17.4 Å². The Morgan fingerprint density at radius 3 is 2.55 bits per heavy atom. The molecule has 0 spiro atoms. The number of methoxy groups -OCH3 is 1. The van der Waals surface area contributed by atoms with E-state index in [-0.39, 0.29) is 22.3 Å². The van der Waals surface area contributed by atoms with Crippen molar-refractivity contribution < 1.29 is 27.4 Å². The zero-order chi connectivity index (χ0) is 20.6. The Morgan fingerprint density at radius 1 is 1.10 bits per heavy atom. The largest absolute Gasteiger partial charge is 0.586 e. The third kappa shape index (κ3) is 4.02. The van der Waals surface area contributed by atoms with Crippen molar-refractivity contribution in [2.75, 3.05) is 12.4 Å². The van der Waals surface area contributed by atoms with Gasteiger partial charge in [-0.25, -0.2) is 9.37 Å². The van der Waals surface area contributed by atoms with Crippen LogP contribution < -0.4 is 19.5 Å². The molecule has 0 atom stereocenters. The zero-order valence-electron chi connectivity index (χ0n) is 15.0. The lowest BCUT2D eigenvalue weighted by Gasteiger charge is -2.11. The lowest BCUT2D eigenvalue weighted by atomic mass is 10.1. The number of pyridine rings is 1. The van der Waals surface area contributed by atoms with E-state index in [0.717, 1.165) is 0 Å². The van der Waals surface area contributed by atoms with Crippen molar-refractivity contribution in [1.82, 2.24) is 4.98 Å². The Morgan fingerprint density at radius 2 is 1.86 bits per heavy atom. The van der Waals surface area contributed by atoms with E-state index in [0.29, 0.717) is 34.8 Å². The fraction of sp³-hybridized carbons (Fsp3) is 0.150. The summed E-state index contributed by atoms with van der Waals surface area (Å²) < 4.78 is 54.0. The second-order valence-corrected chi connectivity index (χ2v) is 6.60. The predicted octanol–water partition coefficient (Wildman–Crippen LogP) is 5.48. The fourth-order valence-corrected chi connectivity index (χ4v) is 3.18. The summed E-state index contributed by atoms with van der Waals surface area (Å²) in [7, 11) is 1.51. The SMILES string of the molecule is COc1ccc(F)cc1CNc1ccc(-c2cc3c(cc2Cl)OC(F)(F)O3)cn1. The van der Waals surface area contributed by atoms with E-state index in [1.807, 2.05) is 0 Å². The minimum atomic E-state index is -3.71.